The monoisotopic (exact) mass is 533 g/mol. The molecule has 0 spiro atoms. The van der Waals surface area contributed by atoms with Crippen molar-refractivity contribution < 1.29 is 23.9 Å². The topological polar surface area (TPSA) is 80.8 Å². The number of ketones is 1. The Bertz CT molecular complexity index is 1350. The van der Waals surface area contributed by atoms with Gasteiger partial charge >= 0.3 is 5.97 Å². The van der Waals surface area contributed by atoms with Crippen LogP contribution < -0.4 is 0 Å². The Balaban J connectivity index is 1.26. The van der Waals surface area contributed by atoms with Crippen molar-refractivity contribution in [3.8, 4) is 0 Å². The minimum Gasteiger partial charge on any atom is -0.457 e. The lowest BCUT2D eigenvalue weighted by Crippen LogP contribution is -2.57. The van der Waals surface area contributed by atoms with Gasteiger partial charge in [0.25, 0.3) is 0 Å². The molecule has 2 amide bonds. The second-order valence-electron chi connectivity index (χ2n) is 9.50. The Labute approximate surface area is 223 Å². The van der Waals surface area contributed by atoms with Crippen molar-refractivity contribution in [2.75, 3.05) is 13.2 Å². The number of amides is 2. The first kappa shape index (κ1) is 23.9. The van der Waals surface area contributed by atoms with Gasteiger partial charge in [-0.15, -0.1) is 23.2 Å². The number of hydrogen-bond donors (Lipinski definition) is 0. The fraction of sp³-hybridized carbons (Fsp3) is 0.241. The standard InChI is InChI=1S/C29H21Cl2NO5/c30-28-18-10-4-5-11-19(18)29(31,21-13-7-6-12-20(21)28)25-24(28)26(35)32(27(25)36)15-14-23(34)37-16-22(33)17-8-2-1-3-9-17/h1-13,24-25H,14-16H2/t24-,25-,28?,29?/m0/s1. The normalized spacial score (nSPS) is 26.9. The maximum atomic E-state index is 13.7. The predicted molar refractivity (Wildman–Crippen MR) is 136 cm³/mol. The zero-order chi connectivity index (χ0) is 25.9. The van der Waals surface area contributed by atoms with E-state index in [1.165, 1.54) is 0 Å². The van der Waals surface area contributed by atoms with Crippen LogP contribution in [-0.4, -0.2) is 41.6 Å². The first-order chi connectivity index (χ1) is 17.8. The number of nitrogens with zero attached hydrogens (tertiary/aromatic N) is 1. The summed E-state index contributed by atoms with van der Waals surface area (Å²) < 4.78 is 5.11. The Morgan fingerprint density at radius 2 is 1.16 bits per heavy atom. The lowest BCUT2D eigenvalue weighted by Gasteiger charge is -2.54. The first-order valence-electron chi connectivity index (χ1n) is 12.0. The summed E-state index contributed by atoms with van der Waals surface area (Å²) in [5.41, 5.74) is 3.29. The quantitative estimate of drug-likeness (QED) is 0.203. The predicted octanol–water partition coefficient (Wildman–Crippen LogP) is 4.40. The lowest BCUT2D eigenvalue weighted by molar-refractivity contribution is -0.145. The highest BCUT2D eigenvalue weighted by molar-refractivity contribution is 6.36. The fourth-order valence-corrected chi connectivity index (χ4v) is 7.17. The van der Waals surface area contributed by atoms with E-state index < -0.39 is 46.0 Å². The van der Waals surface area contributed by atoms with Crippen molar-refractivity contribution in [3.63, 3.8) is 0 Å². The SMILES string of the molecule is O=C(CCN1C(=O)[C@@H]2[C@@H](C1=O)C1(Cl)c3ccccc3C2(Cl)c2ccccc21)OCC(=O)c1ccccc1. The second-order valence-corrected chi connectivity index (χ2v) is 10.7. The summed E-state index contributed by atoms with van der Waals surface area (Å²) >= 11 is 14.7. The molecule has 8 heteroatoms. The van der Waals surface area contributed by atoms with Crippen LogP contribution in [-0.2, 0) is 28.9 Å². The number of imide groups is 1. The molecule has 3 aromatic carbocycles. The molecule has 7 rings (SSSR count). The van der Waals surface area contributed by atoms with Gasteiger partial charge in [0.15, 0.2) is 12.4 Å². The third kappa shape index (κ3) is 3.25. The van der Waals surface area contributed by atoms with E-state index >= 15 is 0 Å². The largest absolute Gasteiger partial charge is 0.457 e. The van der Waals surface area contributed by atoms with E-state index in [1.54, 1.807) is 30.3 Å². The molecule has 1 fully saturated rings. The minimum atomic E-state index is -1.27. The molecule has 37 heavy (non-hydrogen) atoms. The molecule has 6 nitrogen and oxygen atoms in total. The molecule has 186 valence electrons. The number of carbonyl (C=O) groups is 4. The molecule has 0 radical (unpaired) electrons. The Hall–Kier alpha value is -3.48. The van der Waals surface area contributed by atoms with Crippen molar-refractivity contribution in [2.45, 2.75) is 16.2 Å². The van der Waals surface area contributed by atoms with E-state index in [9.17, 15) is 19.2 Å². The van der Waals surface area contributed by atoms with E-state index in [0.29, 0.717) is 27.8 Å². The van der Waals surface area contributed by atoms with E-state index in [2.05, 4.69) is 0 Å². The lowest BCUT2D eigenvalue weighted by atomic mass is 9.54. The van der Waals surface area contributed by atoms with Crippen molar-refractivity contribution >= 4 is 46.8 Å². The van der Waals surface area contributed by atoms with Crippen LogP contribution in [0.4, 0.5) is 0 Å². The average Bonchev–Trinajstić information content (AvgIpc) is 3.19. The highest BCUT2D eigenvalue weighted by Crippen LogP contribution is 2.69. The molecule has 3 aliphatic carbocycles. The van der Waals surface area contributed by atoms with Crippen molar-refractivity contribution in [1.29, 1.82) is 0 Å². The summed E-state index contributed by atoms with van der Waals surface area (Å²) in [5.74, 6) is -3.79. The van der Waals surface area contributed by atoms with Gasteiger partial charge in [-0.2, -0.15) is 0 Å². The van der Waals surface area contributed by atoms with Gasteiger partial charge in [0.1, 0.15) is 9.75 Å². The van der Waals surface area contributed by atoms with E-state index in [-0.39, 0.29) is 18.7 Å². The van der Waals surface area contributed by atoms with Gasteiger partial charge < -0.3 is 4.74 Å². The van der Waals surface area contributed by atoms with Crippen LogP contribution in [0.5, 0.6) is 0 Å². The zero-order valence-electron chi connectivity index (χ0n) is 19.5. The van der Waals surface area contributed by atoms with Crippen molar-refractivity contribution in [3.05, 3.63) is 107 Å². The summed E-state index contributed by atoms with van der Waals surface area (Å²) in [4.78, 5) is 50.6. The highest BCUT2D eigenvalue weighted by Gasteiger charge is 2.72. The molecular formula is C29H21Cl2NO5. The number of likely N-dealkylation sites (tertiary alicyclic amines) is 1. The van der Waals surface area contributed by atoms with Gasteiger partial charge in [-0.3, -0.25) is 24.1 Å². The number of esters is 1. The third-order valence-electron chi connectivity index (χ3n) is 7.68. The molecule has 2 atom stereocenters. The number of halogens is 2. The van der Waals surface area contributed by atoms with Gasteiger partial charge in [0.2, 0.25) is 11.8 Å². The van der Waals surface area contributed by atoms with Crippen LogP contribution in [0.3, 0.4) is 0 Å². The Morgan fingerprint density at radius 1 is 0.730 bits per heavy atom. The fourth-order valence-electron chi connectivity index (χ4n) is 6.07. The summed E-state index contributed by atoms with van der Waals surface area (Å²) in [6, 6.07) is 23.3. The first-order valence-corrected chi connectivity index (χ1v) is 12.7. The molecule has 0 saturated carbocycles. The molecule has 1 heterocycles. The summed E-state index contributed by atoms with van der Waals surface area (Å²) in [6.07, 6.45) is -0.247. The Morgan fingerprint density at radius 3 is 1.62 bits per heavy atom. The summed E-state index contributed by atoms with van der Waals surface area (Å²) in [6.45, 7) is -0.605. The van der Waals surface area contributed by atoms with Gasteiger partial charge in [0.05, 0.1) is 18.3 Å². The highest BCUT2D eigenvalue weighted by atomic mass is 35.5. The number of benzene rings is 3. The maximum Gasteiger partial charge on any atom is 0.308 e. The van der Waals surface area contributed by atoms with E-state index in [0.717, 1.165) is 4.90 Å². The third-order valence-corrected chi connectivity index (χ3v) is 8.96. The summed E-state index contributed by atoms with van der Waals surface area (Å²) in [5, 5.41) is 0. The second kappa shape index (κ2) is 8.54. The molecule has 2 bridgehead atoms. The van der Waals surface area contributed by atoms with Crippen LogP contribution in [0.1, 0.15) is 39.0 Å². The Kier molecular flexibility index (Phi) is 5.51. The molecule has 0 aromatic heterocycles. The van der Waals surface area contributed by atoms with Crippen LogP contribution in [0.2, 0.25) is 0 Å². The minimum absolute atomic E-state index is 0.185. The molecular weight excluding hydrogens is 513 g/mol. The van der Waals surface area contributed by atoms with Crippen LogP contribution >= 0.6 is 23.2 Å². The number of ether oxygens (including phenoxy) is 1. The number of carbonyl (C=O) groups excluding carboxylic acids is 4. The van der Waals surface area contributed by atoms with Gasteiger partial charge in [-0.05, 0) is 22.3 Å². The van der Waals surface area contributed by atoms with Crippen molar-refractivity contribution in [1.82, 2.24) is 4.90 Å². The van der Waals surface area contributed by atoms with Crippen molar-refractivity contribution in [2.24, 2.45) is 11.8 Å². The van der Waals surface area contributed by atoms with Gasteiger partial charge in [-0.25, -0.2) is 0 Å². The van der Waals surface area contributed by atoms with E-state index in [4.69, 9.17) is 27.9 Å². The van der Waals surface area contributed by atoms with Crippen LogP contribution in [0.25, 0.3) is 0 Å². The number of alkyl halides is 2. The number of rotatable bonds is 6. The van der Waals surface area contributed by atoms with E-state index in [1.807, 2.05) is 48.5 Å². The summed E-state index contributed by atoms with van der Waals surface area (Å²) in [7, 11) is 0. The molecule has 3 aromatic rings. The maximum absolute atomic E-state index is 13.7. The number of hydrogen-bond acceptors (Lipinski definition) is 5. The number of Topliss-reactive ketones (excluding diaryl/α,β-unsaturated/α-hetero) is 1. The average molecular weight is 534 g/mol. The van der Waals surface area contributed by atoms with Gasteiger partial charge in [-0.1, -0.05) is 78.9 Å². The molecule has 1 aliphatic heterocycles. The van der Waals surface area contributed by atoms with Crippen LogP contribution in [0.15, 0.2) is 78.9 Å². The molecule has 0 N–H and O–H groups in total. The van der Waals surface area contributed by atoms with Gasteiger partial charge in [0, 0.05) is 12.1 Å². The smallest absolute Gasteiger partial charge is 0.308 e. The molecule has 4 aliphatic rings. The van der Waals surface area contributed by atoms with Crippen LogP contribution in [0, 0.1) is 11.8 Å². The molecule has 0 unspecified atom stereocenters. The zero-order valence-corrected chi connectivity index (χ0v) is 21.0. The molecule has 1 saturated heterocycles.